The normalized spacial score (nSPS) is 10.0. The van der Waals surface area contributed by atoms with Crippen LogP contribution in [-0.4, -0.2) is 36.0 Å². The summed E-state index contributed by atoms with van der Waals surface area (Å²) in [7, 11) is 3.25. The van der Waals surface area contributed by atoms with Crippen LogP contribution in [0.15, 0.2) is 42.6 Å². The quantitative estimate of drug-likeness (QED) is 0.811. The first-order valence-electron chi connectivity index (χ1n) is 6.91. The number of aromatic nitrogens is 1. The highest BCUT2D eigenvalue weighted by molar-refractivity contribution is 5.96. The van der Waals surface area contributed by atoms with Gasteiger partial charge in [-0.05, 0) is 36.4 Å². The topological polar surface area (TPSA) is 89.4 Å². The van der Waals surface area contributed by atoms with Crippen LogP contribution < -0.4 is 10.6 Å². The van der Waals surface area contributed by atoms with Gasteiger partial charge in [0.2, 0.25) is 0 Å². The molecule has 0 spiro atoms. The molecule has 1 heterocycles. The van der Waals surface area contributed by atoms with Crippen LogP contribution in [0.1, 0.15) is 20.8 Å². The molecule has 1 aromatic heterocycles. The van der Waals surface area contributed by atoms with Crippen LogP contribution in [-0.2, 0) is 16.6 Å². The van der Waals surface area contributed by atoms with Crippen molar-refractivity contribution in [2.75, 3.05) is 19.0 Å². The van der Waals surface area contributed by atoms with Crippen molar-refractivity contribution in [1.29, 1.82) is 0 Å². The highest BCUT2D eigenvalue weighted by Crippen LogP contribution is 2.09. The van der Waals surface area contributed by atoms with E-state index in [2.05, 4.69) is 10.6 Å². The molecule has 7 heteroatoms. The fourth-order valence-electron chi connectivity index (χ4n) is 1.92. The molecule has 0 fully saturated rings. The summed E-state index contributed by atoms with van der Waals surface area (Å²) in [6.45, 7) is -0.388. The number of anilines is 1. The van der Waals surface area contributed by atoms with Gasteiger partial charge in [-0.1, -0.05) is 0 Å². The van der Waals surface area contributed by atoms with E-state index in [1.165, 1.54) is 0 Å². The lowest BCUT2D eigenvalue weighted by Crippen LogP contribution is -2.22. The van der Waals surface area contributed by atoms with Gasteiger partial charge in [-0.25, -0.2) is 4.79 Å². The summed E-state index contributed by atoms with van der Waals surface area (Å²) in [5.41, 5.74) is 1.37. The summed E-state index contributed by atoms with van der Waals surface area (Å²) < 4.78 is 6.55. The monoisotopic (exact) mass is 315 g/mol. The second kappa shape index (κ2) is 7.26. The molecule has 2 N–H and O–H groups in total. The Labute approximate surface area is 133 Å². The Morgan fingerprint density at radius 1 is 1.13 bits per heavy atom. The van der Waals surface area contributed by atoms with E-state index in [4.69, 9.17) is 4.74 Å². The fraction of sp³-hybridized carbons (Fsp3) is 0.188. The Morgan fingerprint density at radius 2 is 1.83 bits per heavy atom. The predicted molar refractivity (Wildman–Crippen MR) is 84.2 cm³/mol. The van der Waals surface area contributed by atoms with Crippen molar-refractivity contribution in [3.63, 3.8) is 0 Å². The highest BCUT2D eigenvalue weighted by Gasteiger charge is 2.13. The SMILES string of the molecule is CNC(=O)c1ccc(NC(=O)COC(=O)c2cccn2C)cc1. The molecule has 0 atom stereocenters. The number of esters is 1. The Balaban J connectivity index is 1.86. The second-order valence-corrected chi connectivity index (χ2v) is 4.79. The van der Waals surface area contributed by atoms with Gasteiger partial charge in [-0.2, -0.15) is 0 Å². The number of nitrogens with zero attached hydrogens (tertiary/aromatic N) is 1. The smallest absolute Gasteiger partial charge is 0.355 e. The molecule has 2 rings (SSSR count). The van der Waals surface area contributed by atoms with E-state index < -0.39 is 11.9 Å². The summed E-state index contributed by atoms with van der Waals surface area (Å²) >= 11 is 0. The summed E-state index contributed by atoms with van der Waals surface area (Å²) in [5, 5.41) is 5.09. The molecule has 0 aliphatic heterocycles. The van der Waals surface area contributed by atoms with Crippen LogP contribution >= 0.6 is 0 Å². The lowest BCUT2D eigenvalue weighted by Gasteiger charge is -2.07. The van der Waals surface area contributed by atoms with Crippen LogP contribution in [0.5, 0.6) is 0 Å². The molecule has 0 radical (unpaired) electrons. The maximum atomic E-state index is 11.8. The minimum absolute atomic E-state index is 0.209. The molecular formula is C16H17N3O4. The molecule has 0 aliphatic rings. The Kier molecular flexibility index (Phi) is 5.14. The molecule has 2 amide bonds. The number of aryl methyl sites for hydroxylation is 1. The molecule has 0 bridgehead atoms. The van der Waals surface area contributed by atoms with Gasteiger partial charge in [0.05, 0.1) is 0 Å². The van der Waals surface area contributed by atoms with Gasteiger partial charge in [-0.15, -0.1) is 0 Å². The molecule has 1 aromatic carbocycles. The van der Waals surface area contributed by atoms with Crippen molar-refractivity contribution in [3.8, 4) is 0 Å². The van der Waals surface area contributed by atoms with Gasteiger partial charge in [0.25, 0.3) is 11.8 Å². The lowest BCUT2D eigenvalue weighted by atomic mass is 10.2. The van der Waals surface area contributed by atoms with Crippen LogP contribution in [0.2, 0.25) is 0 Å². The van der Waals surface area contributed by atoms with Crippen LogP contribution in [0.4, 0.5) is 5.69 Å². The van der Waals surface area contributed by atoms with Gasteiger partial charge in [0.1, 0.15) is 5.69 Å². The molecule has 7 nitrogen and oxygen atoms in total. The van der Waals surface area contributed by atoms with E-state index in [0.717, 1.165) is 0 Å². The predicted octanol–water partition coefficient (Wildman–Crippen LogP) is 1.18. The average Bonchev–Trinajstić information content (AvgIpc) is 2.98. The van der Waals surface area contributed by atoms with Crippen molar-refractivity contribution >= 4 is 23.5 Å². The van der Waals surface area contributed by atoms with Gasteiger partial charge >= 0.3 is 5.97 Å². The van der Waals surface area contributed by atoms with E-state index >= 15 is 0 Å². The number of carbonyl (C=O) groups is 3. The van der Waals surface area contributed by atoms with Crippen LogP contribution in [0.3, 0.4) is 0 Å². The van der Waals surface area contributed by atoms with E-state index in [-0.39, 0.29) is 12.5 Å². The van der Waals surface area contributed by atoms with Crippen molar-refractivity contribution in [3.05, 3.63) is 53.9 Å². The molecule has 23 heavy (non-hydrogen) atoms. The molecule has 120 valence electrons. The standard InChI is InChI=1S/C16H17N3O4/c1-17-15(21)11-5-7-12(8-6-11)18-14(20)10-23-16(22)13-4-3-9-19(13)2/h3-9H,10H2,1-2H3,(H,17,21)(H,18,20). The number of carbonyl (C=O) groups excluding carboxylic acids is 3. The fourth-order valence-corrected chi connectivity index (χ4v) is 1.92. The van der Waals surface area contributed by atoms with Crippen LogP contribution in [0, 0.1) is 0 Å². The first-order chi connectivity index (χ1) is 11.0. The number of benzene rings is 1. The van der Waals surface area contributed by atoms with Crippen molar-refractivity contribution in [2.24, 2.45) is 7.05 Å². The maximum Gasteiger partial charge on any atom is 0.355 e. The Hall–Kier alpha value is -3.09. The molecule has 0 unspecified atom stereocenters. The minimum Gasteiger partial charge on any atom is -0.451 e. The Morgan fingerprint density at radius 3 is 2.39 bits per heavy atom. The molecule has 0 saturated carbocycles. The van der Waals surface area contributed by atoms with E-state index in [0.29, 0.717) is 16.9 Å². The van der Waals surface area contributed by atoms with E-state index in [1.54, 1.807) is 61.3 Å². The van der Waals surface area contributed by atoms with E-state index in [9.17, 15) is 14.4 Å². The summed E-state index contributed by atoms with van der Waals surface area (Å²) in [6.07, 6.45) is 1.71. The van der Waals surface area contributed by atoms with Crippen molar-refractivity contribution in [1.82, 2.24) is 9.88 Å². The first kappa shape index (κ1) is 16.3. The third-order valence-corrected chi connectivity index (χ3v) is 3.15. The van der Waals surface area contributed by atoms with Gasteiger partial charge in [0, 0.05) is 31.5 Å². The summed E-state index contributed by atoms with van der Waals surface area (Å²) in [5.74, 6) is -1.23. The zero-order valence-electron chi connectivity index (χ0n) is 12.8. The second-order valence-electron chi connectivity index (χ2n) is 4.79. The van der Waals surface area contributed by atoms with E-state index in [1.807, 2.05) is 0 Å². The number of rotatable bonds is 5. The number of nitrogens with one attached hydrogen (secondary N) is 2. The molecule has 0 aliphatic carbocycles. The van der Waals surface area contributed by atoms with Crippen LogP contribution in [0.25, 0.3) is 0 Å². The largest absolute Gasteiger partial charge is 0.451 e. The third-order valence-electron chi connectivity index (χ3n) is 3.15. The summed E-state index contributed by atoms with van der Waals surface area (Å²) in [4.78, 5) is 34.9. The van der Waals surface area contributed by atoms with Gasteiger partial charge < -0.3 is 19.9 Å². The average molecular weight is 315 g/mol. The zero-order chi connectivity index (χ0) is 16.8. The number of ether oxygens (including phenoxy) is 1. The number of amides is 2. The summed E-state index contributed by atoms with van der Waals surface area (Å²) in [6, 6.07) is 9.69. The number of hydrogen-bond donors (Lipinski definition) is 2. The van der Waals surface area contributed by atoms with Crippen molar-refractivity contribution < 1.29 is 19.1 Å². The maximum absolute atomic E-state index is 11.8. The Bertz CT molecular complexity index is 719. The van der Waals surface area contributed by atoms with Crippen molar-refractivity contribution in [2.45, 2.75) is 0 Å². The molecule has 2 aromatic rings. The van der Waals surface area contributed by atoms with Gasteiger partial charge in [-0.3, -0.25) is 9.59 Å². The third kappa shape index (κ3) is 4.19. The highest BCUT2D eigenvalue weighted by atomic mass is 16.5. The van der Waals surface area contributed by atoms with Gasteiger partial charge in [0.15, 0.2) is 6.61 Å². The molecular weight excluding hydrogens is 298 g/mol. The minimum atomic E-state index is -0.567. The number of hydrogen-bond acceptors (Lipinski definition) is 4. The first-order valence-corrected chi connectivity index (χ1v) is 6.91. The zero-order valence-corrected chi connectivity index (χ0v) is 12.8. The molecule has 0 saturated heterocycles. The lowest BCUT2D eigenvalue weighted by molar-refractivity contribution is -0.119.